The third-order valence-corrected chi connectivity index (χ3v) is 8.34. The minimum absolute atomic E-state index is 0.0599. The molecular formula is C29H33N9O2S. The van der Waals surface area contributed by atoms with Crippen LogP contribution in [0.2, 0.25) is 0 Å². The van der Waals surface area contributed by atoms with Crippen molar-refractivity contribution in [2.45, 2.75) is 39.3 Å². The summed E-state index contributed by atoms with van der Waals surface area (Å²) in [7, 11) is 0. The number of nitriles is 1. The highest BCUT2D eigenvalue weighted by molar-refractivity contribution is 7.13. The van der Waals surface area contributed by atoms with E-state index in [9.17, 15) is 9.59 Å². The van der Waals surface area contributed by atoms with Gasteiger partial charge in [-0.1, -0.05) is 19.9 Å². The van der Waals surface area contributed by atoms with Crippen molar-refractivity contribution in [1.82, 2.24) is 35.1 Å². The van der Waals surface area contributed by atoms with Gasteiger partial charge in [-0.25, -0.2) is 14.5 Å². The molecule has 4 aromatic rings. The van der Waals surface area contributed by atoms with E-state index in [1.165, 1.54) is 0 Å². The molecule has 1 fully saturated rings. The Morgan fingerprint density at radius 1 is 1.20 bits per heavy atom. The Bertz CT molecular complexity index is 1570. The Labute approximate surface area is 242 Å². The van der Waals surface area contributed by atoms with Crippen LogP contribution in [0.4, 0.5) is 5.82 Å². The number of hydrogen-bond donors (Lipinski definition) is 2. The van der Waals surface area contributed by atoms with Crippen molar-refractivity contribution < 1.29 is 9.59 Å². The summed E-state index contributed by atoms with van der Waals surface area (Å²) < 4.78 is 1.69. The van der Waals surface area contributed by atoms with Crippen LogP contribution in [0.1, 0.15) is 37.6 Å². The van der Waals surface area contributed by atoms with Gasteiger partial charge >= 0.3 is 0 Å². The number of pyridine rings is 1. The maximum atomic E-state index is 13.5. The highest BCUT2D eigenvalue weighted by atomic mass is 32.1. The van der Waals surface area contributed by atoms with Crippen molar-refractivity contribution in [3.05, 3.63) is 53.7 Å². The number of nitrogens with zero attached hydrogens (tertiary/aromatic N) is 7. The molecule has 0 bridgehead atoms. The summed E-state index contributed by atoms with van der Waals surface area (Å²) in [5.74, 6) is 0.0625. The molecule has 5 rings (SSSR count). The lowest BCUT2D eigenvalue weighted by molar-refractivity contribution is -0.123. The summed E-state index contributed by atoms with van der Waals surface area (Å²) >= 11 is 1.60. The largest absolute Gasteiger partial charge is 0.350 e. The SMILES string of the molecule is CCN(CC)C(C)CNC(=O)c1cc(-c2cnn3ccc(-c4cccs4)nc23)nc(N2CCC2C(=O)NCC#N)c1. The molecule has 2 unspecified atom stereocenters. The summed E-state index contributed by atoms with van der Waals surface area (Å²) in [6, 6.07) is 11.0. The second kappa shape index (κ2) is 12.4. The Morgan fingerprint density at radius 3 is 2.71 bits per heavy atom. The molecule has 1 aliphatic rings. The normalized spacial score (nSPS) is 15.4. The molecule has 2 amide bonds. The zero-order valence-electron chi connectivity index (χ0n) is 23.4. The van der Waals surface area contributed by atoms with E-state index in [0.29, 0.717) is 47.8 Å². The van der Waals surface area contributed by atoms with Gasteiger partial charge in [0.15, 0.2) is 5.65 Å². The zero-order valence-corrected chi connectivity index (χ0v) is 24.2. The highest BCUT2D eigenvalue weighted by Gasteiger charge is 2.35. The summed E-state index contributed by atoms with van der Waals surface area (Å²) in [5, 5.41) is 21.1. The Hall–Kier alpha value is -4.34. The average molecular weight is 572 g/mol. The van der Waals surface area contributed by atoms with E-state index >= 15 is 0 Å². The Kier molecular flexibility index (Phi) is 8.56. The molecule has 5 heterocycles. The molecule has 0 spiro atoms. The molecule has 212 valence electrons. The topological polar surface area (TPSA) is 132 Å². The first kappa shape index (κ1) is 28.2. The van der Waals surface area contributed by atoms with Crippen LogP contribution in [0.15, 0.2) is 48.1 Å². The maximum absolute atomic E-state index is 13.5. The lowest BCUT2D eigenvalue weighted by Gasteiger charge is -2.40. The van der Waals surface area contributed by atoms with Crippen molar-refractivity contribution in [3.63, 3.8) is 0 Å². The van der Waals surface area contributed by atoms with E-state index in [2.05, 4.69) is 41.4 Å². The maximum Gasteiger partial charge on any atom is 0.251 e. The molecule has 1 aliphatic heterocycles. The van der Waals surface area contributed by atoms with Crippen molar-refractivity contribution in [2.24, 2.45) is 0 Å². The summed E-state index contributed by atoms with van der Waals surface area (Å²) in [6.07, 6.45) is 4.19. The second-order valence-electron chi connectivity index (χ2n) is 9.87. The van der Waals surface area contributed by atoms with Gasteiger partial charge < -0.3 is 15.5 Å². The first-order chi connectivity index (χ1) is 19.9. The third kappa shape index (κ3) is 5.91. The van der Waals surface area contributed by atoms with Crippen LogP contribution in [-0.2, 0) is 4.79 Å². The van der Waals surface area contributed by atoms with Crippen molar-refractivity contribution >= 4 is 34.6 Å². The molecule has 11 nitrogen and oxygen atoms in total. The predicted molar refractivity (Wildman–Crippen MR) is 159 cm³/mol. The molecule has 2 N–H and O–H groups in total. The number of fused-ring (bicyclic) bond motifs is 1. The van der Waals surface area contributed by atoms with Crippen LogP contribution >= 0.6 is 11.3 Å². The first-order valence-electron chi connectivity index (χ1n) is 13.8. The lowest BCUT2D eigenvalue weighted by atomic mass is 10.0. The predicted octanol–water partition coefficient (Wildman–Crippen LogP) is 3.20. The van der Waals surface area contributed by atoms with Crippen LogP contribution in [0.3, 0.4) is 0 Å². The molecule has 1 saturated heterocycles. The van der Waals surface area contributed by atoms with Crippen LogP contribution in [0, 0.1) is 11.3 Å². The molecule has 12 heteroatoms. The molecule has 4 aromatic heterocycles. The van der Waals surface area contributed by atoms with E-state index in [1.807, 2.05) is 40.7 Å². The number of thiophene rings is 1. The number of likely N-dealkylation sites (N-methyl/N-ethyl adjacent to an activating group) is 1. The Morgan fingerprint density at radius 2 is 2.02 bits per heavy atom. The van der Waals surface area contributed by atoms with Crippen molar-refractivity contribution in [2.75, 3.05) is 37.6 Å². The van der Waals surface area contributed by atoms with E-state index < -0.39 is 6.04 Å². The van der Waals surface area contributed by atoms with Crippen LogP contribution < -0.4 is 15.5 Å². The Balaban J connectivity index is 1.51. The third-order valence-electron chi connectivity index (χ3n) is 7.44. The smallest absolute Gasteiger partial charge is 0.251 e. The molecule has 0 aliphatic carbocycles. The molecule has 41 heavy (non-hydrogen) atoms. The lowest BCUT2D eigenvalue weighted by Crippen LogP contribution is -2.56. The number of aromatic nitrogens is 4. The monoisotopic (exact) mass is 571 g/mol. The highest BCUT2D eigenvalue weighted by Crippen LogP contribution is 2.31. The van der Waals surface area contributed by atoms with Gasteiger partial charge in [-0.2, -0.15) is 10.4 Å². The van der Waals surface area contributed by atoms with Gasteiger partial charge in [0.25, 0.3) is 5.91 Å². The number of amides is 2. The standard InChI is InChI=1S/C29H33N9O2S/c1-4-36(5-2)19(3)17-32-28(39)20-15-23(34-26(16-20)37-12-9-24(37)29(40)31-11-10-30)21-18-33-38-13-8-22(35-27(21)38)25-7-6-14-41-25/h6-8,13-16,18-19,24H,4-5,9,11-12,17H2,1-3H3,(H,31,40)(H,32,39). The van der Waals surface area contributed by atoms with Gasteiger partial charge in [0.1, 0.15) is 18.4 Å². The summed E-state index contributed by atoms with van der Waals surface area (Å²) in [4.78, 5) is 41.1. The number of rotatable bonds is 11. The van der Waals surface area contributed by atoms with Crippen molar-refractivity contribution in [1.29, 1.82) is 5.26 Å². The van der Waals surface area contributed by atoms with Crippen LogP contribution in [0.5, 0.6) is 0 Å². The fourth-order valence-electron chi connectivity index (χ4n) is 5.04. The fourth-order valence-corrected chi connectivity index (χ4v) is 5.74. The number of hydrogen-bond acceptors (Lipinski definition) is 9. The fraction of sp³-hybridized carbons (Fsp3) is 0.379. The van der Waals surface area contributed by atoms with Gasteiger partial charge in [0.2, 0.25) is 5.91 Å². The van der Waals surface area contributed by atoms with Gasteiger partial charge in [-0.05, 0) is 56.1 Å². The second-order valence-corrected chi connectivity index (χ2v) is 10.8. The van der Waals surface area contributed by atoms with Crippen molar-refractivity contribution in [3.8, 4) is 27.9 Å². The number of anilines is 1. The summed E-state index contributed by atoms with van der Waals surface area (Å²) in [5.41, 5.74) is 3.11. The van der Waals surface area contributed by atoms with Gasteiger partial charge in [0, 0.05) is 30.9 Å². The molecule has 0 radical (unpaired) electrons. The van der Waals surface area contributed by atoms with E-state index in [0.717, 1.165) is 23.7 Å². The molecule has 0 saturated carbocycles. The minimum Gasteiger partial charge on any atom is -0.350 e. The van der Waals surface area contributed by atoms with Gasteiger partial charge in [0.05, 0.1) is 34.1 Å². The number of carbonyl (C=O) groups is 2. The minimum atomic E-state index is -0.461. The number of nitrogens with one attached hydrogen (secondary N) is 2. The quantitative estimate of drug-likeness (QED) is 0.263. The first-order valence-corrected chi connectivity index (χ1v) is 14.7. The zero-order chi connectivity index (χ0) is 28.9. The van der Waals surface area contributed by atoms with E-state index in [4.69, 9.17) is 15.2 Å². The van der Waals surface area contributed by atoms with E-state index in [-0.39, 0.29) is 24.4 Å². The van der Waals surface area contributed by atoms with Crippen LogP contribution in [0.25, 0.3) is 27.5 Å². The molecular weight excluding hydrogens is 538 g/mol. The molecule has 2 atom stereocenters. The van der Waals surface area contributed by atoms with Gasteiger partial charge in [-0.15, -0.1) is 11.3 Å². The van der Waals surface area contributed by atoms with Gasteiger partial charge in [-0.3, -0.25) is 14.5 Å². The average Bonchev–Trinajstić information content (AvgIpc) is 3.65. The summed E-state index contributed by atoms with van der Waals surface area (Å²) in [6.45, 7) is 9.15. The number of carbonyl (C=O) groups excluding carboxylic acids is 2. The van der Waals surface area contributed by atoms with E-state index in [1.54, 1.807) is 34.2 Å². The van der Waals surface area contributed by atoms with Crippen LogP contribution in [-0.4, -0.2) is 81.1 Å². The molecule has 0 aromatic carbocycles.